The first-order valence-corrected chi connectivity index (χ1v) is 11.0. The molecule has 3 rings (SSSR count). The average Bonchev–Trinajstić information content (AvgIpc) is 2.88. The normalized spacial score (nSPS) is 26.4. The number of carbonyl (C=O) groups is 2. The van der Waals surface area contributed by atoms with Crippen molar-refractivity contribution >= 4 is 11.9 Å². The van der Waals surface area contributed by atoms with E-state index >= 15 is 0 Å². The molecule has 0 amide bonds. The standard InChI is InChI=1S/C24H28O12/c25-11-16-18(27)19(28)20(29)22(36-16)35-15-8-6-13(7-9-15)12-34-17(26)10-24(33,23(31)32)21(30)14-4-2-1-3-5-14/h1-9,16,18-22,25,27-30,33H,10-12H2,(H,31,32)/t16-,18-,19+,20-,21?,22?,24-/m1/s1. The molecule has 12 heteroatoms. The summed E-state index contributed by atoms with van der Waals surface area (Å²) in [5.74, 6) is -2.65. The molecule has 1 heterocycles. The highest BCUT2D eigenvalue weighted by atomic mass is 16.7. The molecule has 1 aliphatic heterocycles. The van der Waals surface area contributed by atoms with Crippen molar-refractivity contribution < 1.29 is 59.5 Å². The number of esters is 1. The van der Waals surface area contributed by atoms with Crippen LogP contribution < -0.4 is 4.74 Å². The lowest BCUT2D eigenvalue weighted by Gasteiger charge is -2.39. The van der Waals surface area contributed by atoms with Gasteiger partial charge in [0.2, 0.25) is 11.9 Å². The highest BCUT2D eigenvalue weighted by molar-refractivity contribution is 5.85. The molecule has 1 aliphatic rings. The SMILES string of the molecule is O=C(C[C@](O)(C(=O)O)C(O)c1ccccc1)OCc1ccc(OC2O[C@H](CO)[C@@H](O)[C@H](O)[C@H]2O)cc1. The molecule has 1 saturated heterocycles. The highest BCUT2D eigenvalue weighted by Gasteiger charge is 2.47. The van der Waals surface area contributed by atoms with Gasteiger partial charge in [0, 0.05) is 0 Å². The van der Waals surface area contributed by atoms with Crippen molar-refractivity contribution in [2.75, 3.05) is 6.61 Å². The average molecular weight is 508 g/mol. The molecule has 1 fully saturated rings. The van der Waals surface area contributed by atoms with Crippen LogP contribution in [0.1, 0.15) is 23.7 Å². The molecule has 0 radical (unpaired) electrons. The van der Waals surface area contributed by atoms with Crippen LogP contribution in [-0.4, -0.2) is 90.6 Å². The second-order valence-electron chi connectivity index (χ2n) is 8.34. The van der Waals surface area contributed by atoms with Crippen LogP contribution in [0.4, 0.5) is 0 Å². The smallest absolute Gasteiger partial charge is 0.339 e. The lowest BCUT2D eigenvalue weighted by Crippen LogP contribution is -2.60. The van der Waals surface area contributed by atoms with E-state index in [0.29, 0.717) is 5.56 Å². The molecule has 7 atom stereocenters. The zero-order valence-corrected chi connectivity index (χ0v) is 19.0. The molecular formula is C24H28O12. The van der Waals surface area contributed by atoms with Crippen LogP contribution in [-0.2, 0) is 25.7 Å². The van der Waals surface area contributed by atoms with Crippen molar-refractivity contribution in [1.29, 1.82) is 0 Å². The fourth-order valence-electron chi connectivity index (χ4n) is 3.60. The Morgan fingerprint density at radius 3 is 2.19 bits per heavy atom. The fourth-order valence-corrected chi connectivity index (χ4v) is 3.60. The minimum Gasteiger partial charge on any atom is -0.479 e. The second kappa shape index (κ2) is 11.8. The predicted molar refractivity (Wildman–Crippen MR) is 119 cm³/mol. The third-order valence-corrected chi connectivity index (χ3v) is 5.78. The van der Waals surface area contributed by atoms with Gasteiger partial charge in [-0.05, 0) is 23.3 Å². The van der Waals surface area contributed by atoms with Gasteiger partial charge in [0.1, 0.15) is 42.9 Å². The highest BCUT2D eigenvalue weighted by Crippen LogP contribution is 2.30. The molecule has 0 aromatic heterocycles. The molecule has 0 aliphatic carbocycles. The molecule has 196 valence electrons. The van der Waals surface area contributed by atoms with Gasteiger partial charge >= 0.3 is 11.9 Å². The number of carboxylic acids is 1. The maximum atomic E-state index is 12.3. The van der Waals surface area contributed by atoms with Crippen LogP contribution in [0.2, 0.25) is 0 Å². The van der Waals surface area contributed by atoms with Crippen molar-refractivity contribution in [3.63, 3.8) is 0 Å². The maximum Gasteiger partial charge on any atom is 0.339 e. The molecule has 2 unspecified atom stereocenters. The summed E-state index contributed by atoms with van der Waals surface area (Å²) in [7, 11) is 0. The Labute approximate surface area is 205 Å². The molecule has 12 nitrogen and oxygen atoms in total. The lowest BCUT2D eigenvalue weighted by molar-refractivity contribution is -0.277. The van der Waals surface area contributed by atoms with Crippen molar-refractivity contribution in [3.8, 4) is 5.75 Å². The van der Waals surface area contributed by atoms with Gasteiger partial charge < -0.3 is 50.0 Å². The van der Waals surface area contributed by atoms with E-state index < -0.39 is 67.4 Å². The Morgan fingerprint density at radius 2 is 1.61 bits per heavy atom. The van der Waals surface area contributed by atoms with Crippen LogP contribution >= 0.6 is 0 Å². The van der Waals surface area contributed by atoms with Gasteiger partial charge in [-0.3, -0.25) is 4.79 Å². The van der Waals surface area contributed by atoms with E-state index in [4.69, 9.17) is 14.2 Å². The Bertz CT molecular complexity index is 1010. The fraction of sp³-hybridized carbons (Fsp3) is 0.417. The number of hydrogen-bond donors (Lipinski definition) is 7. The van der Waals surface area contributed by atoms with Crippen LogP contribution in [0.3, 0.4) is 0 Å². The van der Waals surface area contributed by atoms with Crippen LogP contribution in [0, 0.1) is 0 Å². The summed E-state index contributed by atoms with van der Waals surface area (Å²) in [5, 5.41) is 69.3. The van der Waals surface area contributed by atoms with E-state index in [1.807, 2.05) is 0 Å². The van der Waals surface area contributed by atoms with Gasteiger partial charge in [0.15, 0.2) is 0 Å². The quantitative estimate of drug-likeness (QED) is 0.190. The van der Waals surface area contributed by atoms with Gasteiger partial charge in [0.05, 0.1) is 13.0 Å². The van der Waals surface area contributed by atoms with Gasteiger partial charge in [-0.15, -0.1) is 0 Å². The summed E-state index contributed by atoms with van der Waals surface area (Å²) in [6.07, 6.45) is -10.1. The third kappa shape index (κ3) is 6.17. The summed E-state index contributed by atoms with van der Waals surface area (Å²) < 4.78 is 15.8. The topological polar surface area (TPSA) is 203 Å². The van der Waals surface area contributed by atoms with Gasteiger partial charge in [-0.2, -0.15) is 0 Å². The predicted octanol–water partition coefficient (Wildman–Crippen LogP) is -1.15. The number of carboxylic acid groups (broad SMARTS) is 1. The van der Waals surface area contributed by atoms with E-state index in [2.05, 4.69) is 0 Å². The van der Waals surface area contributed by atoms with Gasteiger partial charge in [-0.25, -0.2) is 4.79 Å². The number of aliphatic hydroxyl groups is 6. The maximum absolute atomic E-state index is 12.3. The van der Waals surface area contributed by atoms with E-state index in [1.165, 1.54) is 36.4 Å². The van der Waals surface area contributed by atoms with Gasteiger partial charge in [-0.1, -0.05) is 42.5 Å². The third-order valence-electron chi connectivity index (χ3n) is 5.78. The zero-order valence-electron chi connectivity index (χ0n) is 19.0. The molecule has 7 N–H and O–H groups in total. The van der Waals surface area contributed by atoms with E-state index in [0.717, 1.165) is 0 Å². The summed E-state index contributed by atoms with van der Waals surface area (Å²) in [5.41, 5.74) is -2.22. The number of rotatable bonds is 10. The van der Waals surface area contributed by atoms with Gasteiger partial charge in [0.25, 0.3) is 0 Å². The lowest BCUT2D eigenvalue weighted by atomic mass is 9.88. The number of hydrogen-bond acceptors (Lipinski definition) is 11. The van der Waals surface area contributed by atoms with Crippen LogP contribution in [0.25, 0.3) is 0 Å². The number of ether oxygens (including phenoxy) is 3. The molecule has 2 aromatic rings. The first-order chi connectivity index (χ1) is 17.1. The van der Waals surface area contributed by atoms with Crippen molar-refractivity contribution in [1.82, 2.24) is 0 Å². The Balaban J connectivity index is 1.57. The largest absolute Gasteiger partial charge is 0.479 e. The van der Waals surface area contributed by atoms with Crippen molar-refractivity contribution in [2.45, 2.75) is 55.4 Å². The molecule has 0 spiro atoms. The van der Waals surface area contributed by atoms with Crippen molar-refractivity contribution in [2.24, 2.45) is 0 Å². The minimum atomic E-state index is -2.80. The summed E-state index contributed by atoms with van der Waals surface area (Å²) in [4.78, 5) is 23.9. The molecular weight excluding hydrogens is 480 g/mol. The number of benzene rings is 2. The Morgan fingerprint density at radius 1 is 0.972 bits per heavy atom. The first-order valence-electron chi connectivity index (χ1n) is 11.0. The molecule has 0 bridgehead atoms. The number of carbonyl (C=O) groups excluding carboxylic acids is 1. The monoisotopic (exact) mass is 508 g/mol. The molecule has 2 aromatic carbocycles. The second-order valence-corrected chi connectivity index (χ2v) is 8.34. The summed E-state index contributed by atoms with van der Waals surface area (Å²) in [6, 6.07) is 13.4. The summed E-state index contributed by atoms with van der Waals surface area (Å²) >= 11 is 0. The summed E-state index contributed by atoms with van der Waals surface area (Å²) in [6.45, 7) is -0.884. The van der Waals surface area contributed by atoms with Crippen LogP contribution in [0.15, 0.2) is 54.6 Å². The molecule has 36 heavy (non-hydrogen) atoms. The van der Waals surface area contributed by atoms with E-state index in [-0.39, 0.29) is 17.9 Å². The first kappa shape index (κ1) is 27.5. The Hall–Kier alpha value is -3.10. The van der Waals surface area contributed by atoms with Crippen molar-refractivity contribution in [3.05, 3.63) is 65.7 Å². The van der Waals surface area contributed by atoms with E-state index in [1.54, 1.807) is 18.2 Å². The number of aliphatic hydroxyl groups excluding tert-OH is 5. The zero-order chi connectivity index (χ0) is 26.5. The Kier molecular flexibility index (Phi) is 8.98. The number of aliphatic carboxylic acids is 1. The van der Waals surface area contributed by atoms with E-state index in [9.17, 15) is 45.3 Å². The van der Waals surface area contributed by atoms with Crippen LogP contribution in [0.5, 0.6) is 5.75 Å². The molecule has 0 saturated carbocycles. The minimum absolute atomic E-state index is 0.116.